The Bertz CT molecular complexity index is 2870. The Morgan fingerprint density at radius 2 is 1.10 bits per heavy atom. The van der Waals surface area contributed by atoms with E-state index in [0.717, 1.165) is 50.6 Å². The van der Waals surface area contributed by atoms with Crippen molar-refractivity contribution >= 4 is 33.2 Å². The quantitative estimate of drug-likeness (QED) is 0.154. The van der Waals surface area contributed by atoms with E-state index in [4.69, 9.17) is 9.72 Å². The fraction of sp³-hybridized carbons (Fsp3) is 0.218. The van der Waals surface area contributed by atoms with E-state index in [2.05, 4.69) is 234 Å². The van der Waals surface area contributed by atoms with Crippen LogP contribution in [0, 0.1) is 0 Å². The van der Waals surface area contributed by atoms with Crippen molar-refractivity contribution in [3.8, 4) is 28.4 Å². The van der Waals surface area contributed by atoms with Gasteiger partial charge in [0.1, 0.15) is 17.3 Å². The third kappa shape index (κ3) is 7.45. The molecular weight excluding hydrogens is 733 g/mol. The summed E-state index contributed by atoms with van der Waals surface area (Å²) in [4.78, 5) is 9.59. The molecule has 2 aromatic heterocycles. The zero-order chi connectivity index (χ0) is 41.8. The van der Waals surface area contributed by atoms with Crippen molar-refractivity contribution in [3.63, 3.8) is 0 Å². The molecule has 1 aliphatic heterocycles. The average molecular weight is 787 g/mol. The first kappa shape index (κ1) is 38.9. The van der Waals surface area contributed by atoms with Crippen LogP contribution in [0.4, 0.5) is 11.4 Å². The molecule has 300 valence electrons. The van der Waals surface area contributed by atoms with Crippen LogP contribution in [0.3, 0.4) is 0 Å². The van der Waals surface area contributed by atoms with Gasteiger partial charge in [0.05, 0.1) is 17.7 Å². The molecule has 0 radical (unpaired) electrons. The molecule has 0 bridgehead atoms. The molecule has 0 saturated carbocycles. The first-order valence-corrected chi connectivity index (χ1v) is 21.0. The molecular formula is C55H54N4O. The van der Waals surface area contributed by atoms with Gasteiger partial charge in [-0.2, -0.15) is 0 Å². The van der Waals surface area contributed by atoms with Gasteiger partial charge in [-0.25, -0.2) is 4.98 Å². The van der Waals surface area contributed by atoms with Crippen molar-refractivity contribution in [1.29, 1.82) is 0 Å². The number of rotatable bonds is 8. The van der Waals surface area contributed by atoms with Crippen molar-refractivity contribution in [2.45, 2.75) is 71.6 Å². The number of ether oxygens (including phenoxy) is 1. The fourth-order valence-electron chi connectivity index (χ4n) is 8.37. The number of fused-ring (bicyclic) bond motifs is 3. The number of hydrogen-bond donors (Lipinski definition) is 0. The maximum Gasteiger partial charge on any atom is 0.137 e. The summed E-state index contributed by atoms with van der Waals surface area (Å²) in [5, 5.41) is 2.33. The Morgan fingerprint density at radius 3 is 1.82 bits per heavy atom. The summed E-state index contributed by atoms with van der Waals surface area (Å²) in [7, 11) is 0. The minimum absolute atomic E-state index is 0.0370. The molecule has 0 atom stereocenters. The minimum atomic E-state index is -0.203. The number of hydrogen-bond acceptors (Lipinski definition) is 4. The summed E-state index contributed by atoms with van der Waals surface area (Å²) in [6.07, 6.45) is 6.27. The lowest BCUT2D eigenvalue weighted by Gasteiger charge is -2.26. The van der Waals surface area contributed by atoms with E-state index in [1.165, 1.54) is 33.3 Å². The van der Waals surface area contributed by atoms with Crippen molar-refractivity contribution in [1.82, 2.24) is 9.55 Å². The Hall–Kier alpha value is -6.59. The van der Waals surface area contributed by atoms with Gasteiger partial charge in [0.25, 0.3) is 0 Å². The second-order valence-corrected chi connectivity index (χ2v) is 18.8. The third-order valence-corrected chi connectivity index (χ3v) is 12.1. The summed E-state index contributed by atoms with van der Waals surface area (Å²) in [6, 6.07) is 54.5. The van der Waals surface area contributed by atoms with Crippen LogP contribution < -0.4 is 14.5 Å². The van der Waals surface area contributed by atoms with E-state index >= 15 is 0 Å². The van der Waals surface area contributed by atoms with Gasteiger partial charge in [0, 0.05) is 58.3 Å². The molecule has 5 heteroatoms. The topological polar surface area (TPSA) is 33.5 Å². The molecule has 0 spiro atoms. The molecule has 60 heavy (non-hydrogen) atoms. The SMILES string of the molecule is CC(C)(C)c1cccc(N2C=CN(c3cc(Oc4ccc5c6ccc(C(C)(C)c7ccccc7)cc6n(-c6cc(C(C)(C)C)ccn6)c5c4)cc(-c4ccccc4)c3)C2)c1. The molecule has 0 fully saturated rings. The minimum Gasteiger partial charge on any atom is -0.457 e. The van der Waals surface area contributed by atoms with Gasteiger partial charge < -0.3 is 14.5 Å². The van der Waals surface area contributed by atoms with Crippen LogP contribution in [-0.2, 0) is 16.2 Å². The van der Waals surface area contributed by atoms with E-state index in [1.807, 2.05) is 6.20 Å². The van der Waals surface area contributed by atoms with E-state index in [9.17, 15) is 0 Å². The highest BCUT2D eigenvalue weighted by Crippen LogP contribution is 2.41. The predicted molar refractivity (Wildman–Crippen MR) is 252 cm³/mol. The van der Waals surface area contributed by atoms with Crippen LogP contribution in [0.1, 0.15) is 77.6 Å². The largest absolute Gasteiger partial charge is 0.457 e. The summed E-state index contributed by atoms with van der Waals surface area (Å²) in [6.45, 7) is 18.8. The van der Waals surface area contributed by atoms with Gasteiger partial charge in [-0.3, -0.25) is 4.57 Å². The standard InChI is InChI=1S/C55H54N4O/c1-53(2,3)41-20-15-21-44(32-41)57-28-29-58(37-57)45-30-39(38-16-11-9-12-17-38)31-47(35-45)60-46-23-25-49-48-24-22-43(55(7,8)40-18-13-10-14-19-40)33-50(48)59(51(49)36-46)52-34-42(26-27-56-52)54(4,5)6/h9-36H,37H2,1-8H3. The van der Waals surface area contributed by atoms with Gasteiger partial charge >= 0.3 is 0 Å². The van der Waals surface area contributed by atoms with Crippen LogP contribution in [0.15, 0.2) is 170 Å². The normalized spacial score (nSPS) is 13.5. The van der Waals surface area contributed by atoms with Gasteiger partial charge in [-0.15, -0.1) is 0 Å². The summed E-state index contributed by atoms with van der Waals surface area (Å²) in [5.74, 6) is 2.42. The van der Waals surface area contributed by atoms with Gasteiger partial charge in [0.2, 0.25) is 0 Å². The van der Waals surface area contributed by atoms with E-state index in [0.29, 0.717) is 6.67 Å². The van der Waals surface area contributed by atoms with Gasteiger partial charge in [-0.1, -0.05) is 140 Å². The molecule has 8 aromatic rings. The smallest absolute Gasteiger partial charge is 0.137 e. The molecule has 0 unspecified atom stereocenters. The number of pyridine rings is 1. The van der Waals surface area contributed by atoms with Gasteiger partial charge in [-0.05, 0) is 98.8 Å². The Labute approximate surface area is 355 Å². The fourth-order valence-corrected chi connectivity index (χ4v) is 8.37. The van der Waals surface area contributed by atoms with Crippen molar-refractivity contribution in [2.24, 2.45) is 0 Å². The lowest BCUT2D eigenvalue weighted by molar-refractivity contribution is 0.483. The number of nitrogens with zero attached hydrogens (tertiary/aromatic N) is 4. The van der Waals surface area contributed by atoms with Crippen molar-refractivity contribution in [3.05, 3.63) is 193 Å². The molecule has 9 rings (SSSR count). The zero-order valence-corrected chi connectivity index (χ0v) is 36.1. The highest BCUT2D eigenvalue weighted by molar-refractivity contribution is 6.09. The van der Waals surface area contributed by atoms with Crippen LogP contribution in [0.5, 0.6) is 11.5 Å². The number of benzene rings is 6. The molecule has 0 saturated heterocycles. The van der Waals surface area contributed by atoms with Crippen LogP contribution >= 0.6 is 0 Å². The predicted octanol–water partition coefficient (Wildman–Crippen LogP) is 14.3. The third-order valence-electron chi connectivity index (χ3n) is 12.1. The number of anilines is 2. The molecule has 6 aromatic carbocycles. The van der Waals surface area contributed by atoms with Crippen molar-refractivity contribution < 1.29 is 4.74 Å². The maximum atomic E-state index is 6.92. The molecule has 5 nitrogen and oxygen atoms in total. The molecule has 0 N–H and O–H groups in total. The second-order valence-electron chi connectivity index (χ2n) is 18.8. The van der Waals surface area contributed by atoms with Crippen molar-refractivity contribution in [2.75, 3.05) is 16.5 Å². The van der Waals surface area contributed by atoms with E-state index < -0.39 is 0 Å². The average Bonchev–Trinajstić information content (AvgIpc) is 3.87. The highest BCUT2D eigenvalue weighted by Gasteiger charge is 2.26. The Balaban J connectivity index is 1.13. The van der Waals surface area contributed by atoms with E-state index in [1.54, 1.807) is 0 Å². The second kappa shape index (κ2) is 14.9. The monoisotopic (exact) mass is 786 g/mol. The first-order chi connectivity index (χ1) is 28.7. The number of aromatic nitrogens is 2. The van der Waals surface area contributed by atoms with Gasteiger partial charge in [0.15, 0.2) is 0 Å². The highest BCUT2D eigenvalue weighted by atomic mass is 16.5. The zero-order valence-electron chi connectivity index (χ0n) is 36.1. The maximum absolute atomic E-state index is 6.92. The Kier molecular flexibility index (Phi) is 9.66. The molecule has 3 heterocycles. The van der Waals surface area contributed by atoms with E-state index in [-0.39, 0.29) is 16.2 Å². The van der Waals surface area contributed by atoms with Crippen LogP contribution in [-0.4, -0.2) is 16.2 Å². The lowest BCUT2D eigenvalue weighted by Crippen LogP contribution is -2.25. The summed E-state index contributed by atoms with van der Waals surface area (Å²) in [5.41, 5.74) is 11.5. The lowest BCUT2D eigenvalue weighted by atomic mass is 9.78. The molecule has 0 aliphatic carbocycles. The Morgan fingerprint density at radius 1 is 0.467 bits per heavy atom. The molecule has 0 amide bonds. The van der Waals surface area contributed by atoms with Crippen LogP contribution in [0.25, 0.3) is 38.8 Å². The first-order valence-electron chi connectivity index (χ1n) is 21.0. The summed E-state index contributed by atoms with van der Waals surface area (Å²) < 4.78 is 9.24. The van der Waals surface area contributed by atoms with Crippen LogP contribution in [0.2, 0.25) is 0 Å². The summed E-state index contributed by atoms with van der Waals surface area (Å²) >= 11 is 0. The molecule has 1 aliphatic rings.